The number of alkyl halides is 1. The zero-order valence-corrected chi connectivity index (χ0v) is 15.7. The highest BCUT2D eigenvalue weighted by Gasteiger charge is 2.12. The van der Waals surface area contributed by atoms with Crippen molar-refractivity contribution >= 4 is 23.4 Å². The van der Waals surface area contributed by atoms with E-state index in [0.717, 1.165) is 37.9 Å². The molecule has 1 aliphatic rings. The number of halogens is 1. The van der Waals surface area contributed by atoms with Crippen LogP contribution in [0.3, 0.4) is 0 Å². The van der Waals surface area contributed by atoms with Crippen molar-refractivity contribution in [3.63, 3.8) is 0 Å². The Balaban J connectivity index is 2.43. The standard InChI is InChI=1S/C19H29ClN2O3/c1-22-13-10-16(6-3-2-4-11-20)7-5-8-17(22)14-18(23)15-21-12-9-19(24)25/h2,4,7-8,21H,3,5-6,9-15H2,1H3,(H,24,25)/b4-2+,16-7-,17-8-. The van der Waals surface area contributed by atoms with Crippen LogP contribution in [0.5, 0.6) is 0 Å². The number of carboxylic acid groups (broad SMARTS) is 1. The summed E-state index contributed by atoms with van der Waals surface area (Å²) >= 11 is 5.63. The fourth-order valence-corrected chi connectivity index (χ4v) is 2.77. The number of carbonyl (C=O) groups is 2. The van der Waals surface area contributed by atoms with Crippen LogP contribution in [-0.2, 0) is 9.59 Å². The fraction of sp³-hybridized carbons (Fsp3) is 0.579. The minimum Gasteiger partial charge on any atom is -0.481 e. The maximum Gasteiger partial charge on any atom is 0.304 e. The Morgan fingerprint density at radius 3 is 2.88 bits per heavy atom. The summed E-state index contributed by atoms with van der Waals surface area (Å²) in [5.74, 6) is -0.213. The van der Waals surface area contributed by atoms with Gasteiger partial charge in [-0.05, 0) is 25.7 Å². The molecule has 0 spiro atoms. The van der Waals surface area contributed by atoms with Gasteiger partial charge in [-0.3, -0.25) is 9.59 Å². The molecular formula is C19H29ClN2O3. The lowest BCUT2D eigenvalue weighted by Crippen LogP contribution is -2.28. The number of Topliss-reactive ketones (excluding diaryl/α,β-unsaturated/α-hetero) is 1. The Hall–Kier alpha value is -1.59. The van der Waals surface area contributed by atoms with Crippen molar-refractivity contribution in [1.82, 2.24) is 10.2 Å². The molecule has 0 aromatic rings. The van der Waals surface area contributed by atoms with Crippen LogP contribution in [0.15, 0.2) is 35.6 Å². The minimum absolute atomic E-state index is 0.0313. The molecule has 1 heterocycles. The first-order valence-corrected chi connectivity index (χ1v) is 9.29. The van der Waals surface area contributed by atoms with Crippen molar-refractivity contribution in [2.75, 3.05) is 32.6 Å². The van der Waals surface area contributed by atoms with E-state index in [4.69, 9.17) is 16.7 Å². The molecule has 25 heavy (non-hydrogen) atoms. The Morgan fingerprint density at radius 1 is 1.36 bits per heavy atom. The first-order valence-electron chi connectivity index (χ1n) is 8.76. The summed E-state index contributed by atoms with van der Waals surface area (Å²) in [5.41, 5.74) is 2.49. The summed E-state index contributed by atoms with van der Waals surface area (Å²) in [7, 11) is 2.02. The minimum atomic E-state index is -0.858. The number of nitrogens with zero attached hydrogens (tertiary/aromatic N) is 1. The van der Waals surface area contributed by atoms with E-state index < -0.39 is 5.97 Å². The smallest absolute Gasteiger partial charge is 0.304 e. The second-order valence-electron chi connectivity index (χ2n) is 6.17. The SMILES string of the molecule is CN1CC/C(CC/C=C/CCl)=C\C/C=C\1CC(=O)CNCCC(=O)O. The number of hydrogen-bond acceptors (Lipinski definition) is 4. The lowest BCUT2D eigenvalue weighted by atomic mass is 10.0. The van der Waals surface area contributed by atoms with Crippen LogP contribution in [0.1, 0.15) is 38.5 Å². The number of allylic oxidation sites excluding steroid dienone is 5. The molecule has 0 radical (unpaired) electrons. The molecule has 140 valence electrons. The van der Waals surface area contributed by atoms with Crippen molar-refractivity contribution in [2.45, 2.75) is 38.5 Å². The third kappa shape index (κ3) is 10.1. The maximum absolute atomic E-state index is 12.1. The fourth-order valence-electron chi connectivity index (χ4n) is 2.65. The Bertz CT molecular complexity index is 527. The summed E-state index contributed by atoms with van der Waals surface area (Å²) < 4.78 is 0. The zero-order chi connectivity index (χ0) is 18.5. The molecule has 0 aromatic heterocycles. The number of nitrogens with one attached hydrogen (secondary N) is 1. The normalized spacial score (nSPS) is 19.7. The van der Waals surface area contributed by atoms with Crippen molar-refractivity contribution in [3.05, 3.63) is 35.6 Å². The highest BCUT2D eigenvalue weighted by Crippen LogP contribution is 2.19. The van der Waals surface area contributed by atoms with Crippen LogP contribution in [0.25, 0.3) is 0 Å². The highest BCUT2D eigenvalue weighted by molar-refractivity contribution is 6.18. The lowest BCUT2D eigenvalue weighted by Gasteiger charge is -2.25. The second kappa shape index (κ2) is 12.7. The Labute approximate surface area is 155 Å². The van der Waals surface area contributed by atoms with Crippen molar-refractivity contribution < 1.29 is 14.7 Å². The van der Waals surface area contributed by atoms with Gasteiger partial charge < -0.3 is 15.3 Å². The summed E-state index contributed by atoms with van der Waals surface area (Å²) in [5, 5.41) is 11.5. The highest BCUT2D eigenvalue weighted by atomic mass is 35.5. The predicted octanol–water partition coefficient (Wildman–Crippen LogP) is 3.12. The third-order valence-corrected chi connectivity index (χ3v) is 4.30. The lowest BCUT2D eigenvalue weighted by molar-refractivity contribution is -0.137. The second-order valence-corrected chi connectivity index (χ2v) is 6.47. The molecule has 0 saturated carbocycles. The number of rotatable bonds is 11. The van der Waals surface area contributed by atoms with Gasteiger partial charge in [-0.25, -0.2) is 0 Å². The van der Waals surface area contributed by atoms with Gasteiger partial charge in [0.2, 0.25) is 0 Å². The van der Waals surface area contributed by atoms with Gasteiger partial charge in [0.05, 0.1) is 13.0 Å². The molecular weight excluding hydrogens is 340 g/mol. The molecule has 0 atom stereocenters. The van der Waals surface area contributed by atoms with Gasteiger partial charge in [-0.1, -0.05) is 29.9 Å². The molecule has 2 N–H and O–H groups in total. The van der Waals surface area contributed by atoms with E-state index in [1.807, 2.05) is 13.1 Å². The summed E-state index contributed by atoms with van der Waals surface area (Å²) in [4.78, 5) is 24.6. The predicted molar refractivity (Wildman–Crippen MR) is 102 cm³/mol. The Morgan fingerprint density at radius 2 is 2.16 bits per heavy atom. The monoisotopic (exact) mass is 368 g/mol. The summed E-state index contributed by atoms with van der Waals surface area (Å²) in [6.45, 7) is 1.43. The van der Waals surface area contributed by atoms with Crippen LogP contribution in [0.2, 0.25) is 0 Å². The van der Waals surface area contributed by atoms with E-state index in [2.05, 4.69) is 28.4 Å². The van der Waals surface area contributed by atoms with Crippen molar-refractivity contribution in [1.29, 1.82) is 0 Å². The zero-order valence-electron chi connectivity index (χ0n) is 15.0. The van der Waals surface area contributed by atoms with Gasteiger partial charge in [0.15, 0.2) is 5.78 Å². The number of aliphatic carboxylic acids is 1. The largest absolute Gasteiger partial charge is 0.481 e. The van der Waals surface area contributed by atoms with E-state index in [-0.39, 0.29) is 18.7 Å². The maximum atomic E-state index is 12.1. The third-order valence-electron chi connectivity index (χ3n) is 4.12. The molecule has 5 nitrogen and oxygen atoms in total. The van der Waals surface area contributed by atoms with Crippen LogP contribution in [0, 0.1) is 0 Å². The molecule has 1 aliphatic heterocycles. The average molecular weight is 369 g/mol. The van der Waals surface area contributed by atoms with Crippen molar-refractivity contribution in [3.8, 4) is 0 Å². The number of carboxylic acids is 1. The molecule has 0 saturated heterocycles. The average Bonchev–Trinajstić information content (AvgIpc) is 2.56. The molecule has 0 bridgehead atoms. The summed E-state index contributed by atoms with van der Waals surface area (Å²) in [6, 6.07) is 0. The molecule has 0 aliphatic carbocycles. The number of hydrogen-bond donors (Lipinski definition) is 2. The van der Waals surface area contributed by atoms with Gasteiger partial charge in [-0.15, -0.1) is 11.6 Å². The van der Waals surface area contributed by atoms with Crippen LogP contribution >= 0.6 is 11.6 Å². The van der Waals surface area contributed by atoms with Crippen LogP contribution in [-0.4, -0.2) is 54.3 Å². The number of carbonyl (C=O) groups excluding carboxylic acids is 1. The van der Waals surface area contributed by atoms with Gasteiger partial charge in [0.25, 0.3) is 0 Å². The van der Waals surface area contributed by atoms with Crippen LogP contribution < -0.4 is 5.32 Å². The van der Waals surface area contributed by atoms with Gasteiger partial charge in [0.1, 0.15) is 0 Å². The van der Waals surface area contributed by atoms with Gasteiger partial charge >= 0.3 is 5.97 Å². The van der Waals surface area contributed by atoms with Crippen molar-refractivity contribution in [2.24, 2.45) is 0 Å². The molecule has 0 amide bonds. The molecule has 0 unspecified atom stereocenters. The summed E-state index contributed by atoms with van der Waals surface area (Å²) in [6.07, 6.45) is 12.8. The van der Waals surface area contributed by atoms with E-state index in [1.54, 1.807) is 0 Å². The first kappa shape index (κ1) is 21.5. The van der Waals surface area contributed by atoms with Gasteiger partial charge in [-0.2, -0.15) is 0 Å². The molecule has 6 heteroatoms. The number of ketones is 1. The quantitative estimate of drug-likeness (QED) is 0.333. The first-order chi connectivity index (χ1) is 12.0. The Kier molecular flexibility index (Phi) is 10.9. The van der Waals surface area contributed by atoms with E-state index >= 15 is 0 Å². The van der Waals surface area contributed by atoms with Gasteiger partial charge in [0, 0.05) is 38.1 Å². The topological polar surface area (TPSA) is 69.6 Å². The van der Waals surface area contributed by atoms with E-state index in [0.29, 0.717) is 18.8 Å². The van der Waals surface area contributed by atoms with Crippen LogP contribution in [0.4, 0.5) is 0 Å². The van der Waals surface area contributed by atoms with E-state index in [9.17, 15) is 9.59 Å². The molecule has 0 fully saturated rings. The van der Waals surface area contributed by atoms with E-state index in [1.165, 1.54) is 5.57 Å². The molecule has 0 aromatic carbocycles. The molecule has 1 rings (SSSR count).